The van der Waals surface area contributed by atoms with Crippen LogP contribution in [-0.2, 0) is 17.9 Å². The second kappa shape index (κ2) is 6.84. The molecule has 1 fully saturated rings. The van der Waals surface area contributed by atoms with Gasteiger partial charge in [-0.1, -0.05) is 48.5 Å². The van der Waals surface area contributed by atoms with Crippen molar-refractivity contribution in [2.75, 3.05) is 0 Å². The van der Waals surface area contributed by atoms with E-state index in [4.69, 9.17) is 0 Å². The number of imide groups is 1. The number of carbonyl (C=O) groups is 2. The highest BCUT2D eigenvalue weighted by Gasteiger charge is 2.35. The van der Waals surface area contributed by atoms with Gasteiger partial charge in [0.2, 0.25) is 0 Å². The van der Waals surface area contributed by atoms with Crippen molar-refractivity contribution < 1.29 is 9.59 Å². The van der Waals surface area contributed by atoms with Gasteiger partial charge in [0.1, 0.15) is 0 Å². The molecule has 1 aromatic heterocycles. The Balaban J connectivity index is 1.67. The molecule has 5 heteroatoms. The molecule has 0 spiro atoms. The third-order valence-electron chi connectivity index (χ3n) is 4.50. The fraction of sp³-hybridized carbons (Fsp3) is 0.143. The molecule has 2 heterocycles. The molecule has 0 aliphatic carbocycles. The normalized spacial score (nSPS) is 16.2. The second-order valence-corrected chi connectivity index (χ2v) is 7.13. The number of benzene rings is 2. The van der Waals surface area contributed by atoms with Crippen molar-refractivity contribution in [3.05, 3.63) is 76.8 Å². The predicted molar refractivity (Wildman–Crippen MR) is 106 cm³/mol. The lowest BCUT2D eigenvalue weighted by Gasteiger charge is -2.12. The average molecular weight is 362 g/mol. The number of aromatic nitrogens is 1. The van der Waals surface area contributed by atoms with E-state index in [2.05, 4.69) is 17.6 Å². The van der Waals surface area contributed by atoms with Crippen LogP contribution in [-0.4, -0.2) is 20.6 Å². The molecule has 0 radical (unpaired) electrons. The van der Waals surface area contributed by atoms with E-state index in [9.17, 15) is 9.59 Å². The minimum absolute atomic E-state index is 0.218. The maximum Gasteiger partial charge on any atom is 0.293 e. The molecule has 0 bridgehead atoms. The van der Waals surface area contributed by atoms with E-state index in [1.54, 1.807) is 0 Å². The van der Waals surface area contributed by atoms with E-state index in [-0.39, 0.29) is 11.1 Å². The molecule has 1 saturated heterocycles. The molecule has 1 aliphatic heterocycles. The summed E-state index contributed by atoms with van der Waals surface area (Å²) in [6.45, 7) is 3.24. The Hall–Kier alpha value is -2.79. The summed E-state index contributed by atoms with van der Waals surface area (Å²) in [6, 6.07) is 17.7. The molecule has 0 saturated carbocycles. The first-order valence-corrected chi connectivity index (χ1v) is 9.36. The molecule has 4 nitrogen and oxygen atoms in total. The minimum Gasteiger partial charge on any atom is -0.347 e. The van der Waals surface area contributed by atoms with Gasteiger partial charge in [0.15, 0.2) is 0 Å². The van der Waals surface area contributed by atoms with Crippen molar-refractivity contribution in [1.82, 2.24) is 9.47 Å². The quantitative estimate of drug-likeness (QED) is 0.620. The molecule has 3 aromatic rings. The first-order valence-electron chi connectivity index (χ1n) is 8.54. The predicted octanol–water partition coefficient (Wildman–Crippen LogP) is 4.90. The third kappa shape index (κ3) is 2.95. The molecular formula is C21H18N2O2S. The number of fused-ring (bicyclic) bond motifs is 1. The summed E-state index contributed by atoms with van der Waals surface area (Å²) in [5.41, 5.74) is 3.04. The van der Waals surface area contributed by atoms with Crippen molar-refractivity contribution in [3.63, 3.8) is 0 Å². The molecule has 26 heavy (non-hydrogen) atoms. The van der Waals surface area contributed by atoms with Gasteiger partial charge >= 0.3 is 0 Å². The van der Waals surface area contributed by atoms with Crippen LogP contribution in [0, 0.1) is 0 Å². The monoisotopic (exact) mass is 362 g/mol. The average Bonchev–Trinajstić information content (AvgIpc) is 3.15. The van der Waals surface area contributed by atoms with Gasteiger partial charge in [0, 0.05) is 29.2 Å². The van der Waals surface area contributed by atoms with Crippen LogP contribution in [0.2, 0.25) is 0 Å². The fourth-order valence-corrected chi connectivity index (χ4v) is 4.02. The Morgan fingerprint density at radius 1 is 1.00 bits per heavy atom. The number of hydrogen-bond acceptors (Lipinski definition) is 3. The molecule has 2 amide bonds. The lowest BCUT2D eigenvalue weighted by atomic mass is 10.1. The highest BCUT2D eigenvalue weighted by Crippen LogP contribution is 2.35. The first kappa shape index (κ1) is 16.7. The standard InChI is InChI=1S/C21H18N2O2S/c1-2-22-14-16(17-10-6-7-11-18(17)22)12-19-20(24)23(21(25)26-19)13-15-8-4-3-5-9-15/h3-12,14H,2,13H2,1H3/b19-12-. The van der Waals surface area contributed by atoms with Crippen LogP contribution < -0.4 is 0 Å². The molecular weight excluding hydrogens is 344 g/mol. The van der Waals surface area contributed by atoms with Crippen LogP contribution in [0.15, 0.2) is 65.7 Å². The van der Waals surface area contributed by atoms with E-state index < -0.39 is 0 Å². The van der Waals surface area contributed by atoms with E-state index in [1.807, 2.05) is 60.8 Å². The number of rotatable bonds is 4. The van der Waals surface area contributed by atoms with Crippen LogP contribution in [0.25, 0.3) is 17.0 Å². The van der Waals surface area contributed by atoms with Crippen LogP contribution in [0.3, 0.4) is 0 Å². The zero-order chi connectivity index (χ0) is 18.1. The zero-order valence-corrected chi connectivity index (χ0v) is 15.2. The van der Waals surface area contributed by atoms with Crippen LogP contribution >= 0.6 is 11.8 Å². The number of amides is 2. The Bertz CT molecular complexity index is 1020. The van der Waals surface area contributed by atoms with Crippen LogP contribution in [0.1, 0.15) is 18.1 Å². The lowest BCUT2D eigenvalue weighted by Crippen LogP contribution is -2.27. The summed E-state index contributed by atoms with van der Waals surface area (Å²) in [4.78, 5) is 26.9. The van der Waals surface area contributed by atoms with E-state index in [0.717, 1.165) is 40.3 Å². The van der Waals surface area contributed by atoms with Gasteiger partial charge in [-0.05, 0) is 36.4 Å². The summed E-state index contributed by atoms with van der Waals surface area (Å²) in [7, 11) is 0. The zero-order valence-electron chi connectivity index (χ0n) is 14.4. The second-order valence-electron chi connectivity index (χ2n) is 6.14. The summed E-state index contributed by atoms with van der Waals surface area (Å²) in [6.07, 6.45) is 3.88. The molecule has 0 N–H and O–H groups in total. The van der Waals surface area contributed by atoms with Crippen LogP contribution in [0.5, 0.6) is 0 Å². The van der Waals surface area contributed by atoms with Gasteiger partial charge in [0.25, 0.3) is 11.1 Å². The highest BCUT2D eigenvalue weighted by atomic mass is 32.2. The Morgan fingerprint density at radius 3 is 2.50 bits per heavy atom. The number of aryl methyl sites for hydroxylation is 1. The van der Waals surface area contributed by atoms with Crippen molar-refractivity contribution in [2.45, 2.75) is 20.0 Å². The maximum absolute atomic E-state index is 12.7. The van der Waals surface area contributed by atoms with E-state index in [0.29, 0.717) is 11.4 Å². The molecule has 2 aromatic carbocycles. The Morgan fingerprint density at radius 2 is 1.73 bits per heavy atom. The summed E-state index contributed by atoms with van der Waals surface area (Å²) in [5.74, 6) is -0.225. The van der Waals surface area contributed by atoms with Crippen LogP contribution in [0.4, 0.5) is 4.79 Å². The highest BCUT2D eigenvalue weighted by molar-refractivity contribution is 8.18. The molecule has 4 rings (SSSR count). The van der Waals surface area contributed by atoms with E-state index in [1.165, 1.54) is 4.90 Å². The topological polar surface area (TPSA) is 42.3 Å². The number of hydrogen-bond donors (Lipinski definition) is 0. The first-order chi connectivity index (χ1) is 12.7. The number of nitrogens with zero attached hydrogens (tertiary/aromatic N) is 2. The minimum atomic E-state index is -0.225. The van der Waals surface area contributed by atoms with Gasteiger partial charge < -0.3 is 4.57 Å². The maximum atomic E-state index is 12.7. The third-order valence-corrected chi connectivity index (χ3v) is 5.41. The van der Waals surface area contributed by atoms with Gasteiger partial charge in [-0.2, -0.15) is 0 Å². The molecule has 130 valence electrons. The summed E-state index contributed by atoms with van der Waals surface area (Å²) < 4.78 is 2.15. The smallest absolute Gasteiger partial charge is 0.293 e. The lowest BCUT2D eigenvalue weighted by molar-refractivity contribution is -0.123. The summed E-state index contributed by atoms with van der Waals surface area (Å²) in [5, 5.41) is 0.869. The number of para-hydroxylation sites is 1. The molecule has 1 aliphatic rings. The van der Waals surface area contributed by atoms with Gasteiger partial charge in [-0.15, -0.1) is 0 Å². The fourth-order valence-electron chi connectivity index (χ4n) is 3.20. The van der Waals surface area contributed by atoms with Gasteiger partial charge in [0.05, 0.1) is 11.4 Å². The Kier molecular flexibility index (Phi) is 4.39. The van der Waals surface area contributed by atoms with Crippen molar-refractivity contribution in [1.29, 1.82) is 0 Å². The van der Waals surface area contributed by atoms with Crippen molar-refractivity contribution >= 4 is 39.9 Å². The summed E-state index contributed by atoms with van der Waals surface area (Å²) >= 11 is 1.01. The molecule has 0 atom stereocenters. The number of thioether (sulfide) groups is 1. The van der Waals surface area contributed by atoms with Gasteiger partial charge in [-0.3, -0.25) is 14.5 Å². The largest absolute Gasteiger partial charge is 0.347 e. The van der Waals surface area contributed by atoms with Crippen molar-refractivity contribution in [3.8, 4) is 0 Å². The molecule has 0 unspecified atom stereocenters. The Labute approximate surface area is 156 Å². The SMILES string of the molecule is CCn1cc(/C=C2\SC(=O)N(Cc3ccccc3)C2=O)c2ccccc21. The van der Waals surface area contributed by atoms with E-state index >= 15 is 0 Å². The van der Waals surface area contributed by atoms with Crippen molar-refractivity contribution in [2.24, 2.45) is 0 Å². The number of carbonyl (C=O) groups excluding carboxylic acids is 2. The van der Waals surface area contributed by atoms with Gasteiger partial charge in [-0.25, -0.2) is 0 Å².